The minimum Gasteiger partial charge on any atom is -0.305 e. The van der Waals surface area contributed by atoms with E-state index in [-0.39, 0.29) is 5.82 Å². The van der Waals surface area contributed by atoms with Gasteiger partial charge in [0.05, 0.1) is 16.9 Å². The molecule has 4 rings (SSSR count). The summed E-state index contributed by atoms with van der Waals surface area (Å²) >= 11 is 8.07. The van der Waals surface area contributed by atoms with Gasteiger partial charge in [0, 0.05) is 18.4 Å². The highest BCUT2D eigenvalue weighted by Gasteiger charge is 2.18. The van der Waals surface area contributed by atoms with Crippen LogP contribution in [-0.4, -0.2) is 24.5 Å². The summed E-state index contributed by atoms with van der Waals surface area (Å²) < 4.78 is 17.6. The van der Waals surface area contributed by atoms with Crippen LogP contribution in [0.3, 0.4) is 0 Å². The Kier molecular flexibility index (Phi) is 5.19. The van der Waals surface area contributed by atoms with Crippen LogP contribution in [0.2, 0.25) is 5.15 Å². The smallest absolute Gasteiger partial charge is 0.191 e. The van der Waals surface area contributed by atoms with E-state index in [0.29, 0.717) is 27.5 Å². The zero-order valence-corrected chi connectivity index (χ0v) is 16.9. The van der Waals surface area contributed by atoms with Gasteiger partial charge >= 0.3 is 0 Å². The Hall–Kier alpha value is -2.64. The van der Waals surface area contributed by atoms with E-state index in [1.165, 1.54) is 17.8 Å². The number of hydrogen-bond acceptors (Lipinski definition) is 4. The first-order valence-corrected chi connectivity index (χ1v) is 9.99. The lowest BCUT2D eigenvalue weighted by molar-refractivity contribution is 0.628. The second-order valence-electron chi connectivity index (χ2n) is 6.24. The van der Waals surface area contributed by atoms with Gasteiger partial charge < -0.3 is 4.57 Å². The molecule has 0 spiro atoms. The third kappa shape index (κ3) is 3.43. The van der Waals surface area contributed by atoms with Crippen LogP contribution < -0.4 is 0 Å². The standard InChI is InChI=1S/C20H17ClFN5S/c1-13-16(18(21)27(25-13)14-8-4-3-5-9-14)12-28-20-24-23-19(26(20)2)15-10-6-7-11-17(15)22/h3-11H,12H2,1-2H3. The predicted octanol–water partition coefficient (Wildman–Crippen LogP) is 5.06. The molecule has 0 amide bonds. The number of aromatic nitrogens is 5. The molecule has 0 saturated carbocycles. The summed E-state index contributed by atoms with van der Waals surface area (Å²) in [6, 6.07) is 16.3. The normalized spacial score (nSPS) is 11.1. The van der Waals surface area contributed by atoms with Crippen LogP contribution in [0, 0.1) is 12.7 Å². The quantitative estimate of drug-likeness (QED) is 0.429. The summed E-state index contributed by atoms with van der Waals surface area (Å²) in [6.45, 7) is 1.93. The van der Waals surface area contributed by atoms with Gasteiger partial charge in [-0.1, -0.05) is 53.7 Å². The number of hydrogen-bond donors (Lipinski definition) is 0. The van der Waals surface area contributed by atoms with Crippen molar-refractivity contribution in [2.24, 2.45) is 7.05 Å². The third-order valence-corrected chi connectivity index (χ3v) is 5.85. The molecule has 0 bridgehead atoms. The van der Waals surface area contributed by atoms with Crippen molar-refractivity contribution in [1.29, 1.82) is 0 Å². The largest absolute Gasteiger partial charge is 0.305 e. The molecule has 28 heavy (non-hydrogen) atoms. The summed E-state index contributed by atoms with van der Waals surface area (Å²) in [4.78, 5) is 0. The number of rotatable bonds is 5. The van der Waals surface area contributed by atoms with Crippen molar-refractivity contribution >= 4 is 23.4 Å². The van der Waals surface area contributed by atoms with Crippen molar-refractivity contribution in [3.05, 3.63) is 76.8 Å². The molecule has 0 aliphatic heterocycles. The van der Waals surface area contributed by atoms with E-state index in [2.05, 4.69) is 15.3 Å². The molecule has 2 heterocycles. The van der Waals surface area contributed by atoms with Crippen LogP contribution in [-0.2, 0) is 12.8 Å². The number of benzene rings is 2. The average Bonchev–Trinajstić information content (AvgIpc) is 3.21. The minimum atomic E-state index is -0.322. The van der Waals surface area contributed by atoms with Crippen LogP contribution >= 0.6 is 23.4 Å². The highest BCUT2D eigenvalue weighted by atomic mass is 35.5. The lowest BCUT2D eigenvalue weighted by Crippen LogP contribution is -1.97. The van der Waals surface area contributed by atoms with Crippen LogP contribution in [0.4, 0.5) is 4.39 Å². The molecule has 0 N–H and O–H groups in total. The topological polar surface area (TPSA) is 48.5 Å². The summed E-state index contributed by atoms with van der Waals surface area (Å²) in [5.41, 5.74) is 3.13. The maximum Gasteiger partial charge on any atom is 0.191 e. The maximum atomic E-state index is 14.1. The molecular weight excluding hydrogens is 397 g/mol. The Morgan fingerprint density at radius 1 is 1.04 bits per heavy atom. The average molecular weight is 414 g/mol. The van der Waals surface area contributed by atoms with E-state index < -0.39 is 0 Å². The molecule has 0 fully saturated rings. The second kappa shape index (κ2) is 7.77. The summed E-state index contributed by atoms with van der Waals surface area (Å²) in [5, 5.41) is 14.2. The molecule has 0 aliphatic carbocycles. The van der Waals surface area contributed by atoms with Crippen LogP contribution in [0.5, 0.6) is 0 Å². The molecule has 0 unspecified atom stereocenters. The first kappa shape index (κ1) is 18.7. The lowest BCUT2D eigenvalue weighted by atomic mass is 10.2. The zero-order chi connectivity index (χ0) is 19.7. The number of thioether (sulfide) groups is 1. The van der Waals surface area contributed by atoms with Gasteiger partial charge in [0.1, 0.15) is 11.0 Å². The minimum absolute atomic E-state index is 0.322. The van der Waals surface area contributed by atoms with Gasteiger partial charge in [-0.3, -0.25) is 0 Å². The first-order valence-electron chi connectivity index (χ1n) is 8.62. The maximum absolute atomic E-state index is 14.1. The highest BCUT2D eigenvalue weighted by molar-refractivity contribution is 7.98. The van der Waals surface area contributed by atoms with E-state index in [9.17, 15) is 4.39 Å². The van der Waals surface area contributed by atoms with Crippen LogP contribution in [0.15, 0.2) is 59.8 Å². The lowest BCUT2D eigenvalue weighted by Gasteiger charge is -2.05. The van der Waals surface area contributed by atoms with Crippen molar-refractivity contribution in [2.75, 3.05) is 0 Å². The van der Waals surface area contributed by atoms with E-state index in [1.54, 1.807) is 27.4 Å². The van der Waals surface area contributed by atoms with Crippen molar-refractivity contribution in [2.45, 2.75) is 17.8 Å². The summed E-state index contributed by atoms with van der Waals surface area (Å²) in [5.74, 6) is 0.752. The number of aryl methyl sites for hydroxylation is 1. The van der Waals surface area contributed by atoms with Crippen LogP contribution in [0.25, 0.3) is 17.1 Å². The second-order valence-corrected chi connectivity index (χ2v) is 7.54. The summed E-state index contributed by atoms with van der Waals surface area (Å²) in [6.07, 6.45) is 0. The van der Waals surface area contributed by atoms with E-state index in [4.69, 9.17) is 11.6 Å². The van der Waals surface area contributed by atoms with Crippen molar-refractivity contribution in [1.82, 2.24) is 24.5 Å². The molecule has 4 aromatic rings. The van der Waals surface area contributed by atoms with Crippen molar-refractivity contribution < 1.29 is 4.39 Å². The van der Waals surface area contributed by atoms with Gasteiger partial charge in [0.25, 0.3) is 0 Å². The molecule has 8 heteroatoms. The van der Waals surface area contributed by atoms with Crippen molar-refractivity contribution in [3.8, 4) is 17.1 Å². The monoisotopic (exact) mass is 413 g/mol. The Morgan fingerprint density at radius 2 is 1.75 bits per heavy atom. The third-order valence-electron chi connectivity index (χ3n) is 4.42. The fourth-order valence-corrected chi connectivity index (χ4v) is 4.31. The Balaban J connectivity index is 1.58. The predicted molar refractivity (Wildman–Crippen MR) is 109 cm³/mol. The van der Waals surface area contributed by atoms with Gasteiger partial charge in [-0.2, -0.15) is 5.10 Å². The van der Waals surface area contributed by atoms with Gasteiger partial charge in [-0.15, -0.1) is 10.2 Å². The molecule has 0 aliphatic rings. The van der Waals surface area contributed by atoms with Gasteiger partial charge in [0.15, 0.2) is 11.0 Å². The van der Waals surface area contributed by atoms with Crippen molar-refractivity contribution in [3.63, 3.8) is 0 Å². The first-order chi connectivity index (χ1) is 13.6. The van der Waals surface area contributed by atoms with Gasteiger partial charge in [-0.05, 0) is 31.2 Å². The Morgan fingerprint density at radius 3 is 2.50 bits per heavy atom. The zero-order valence-electron chi connectivity index (χ0n) is 15.3. The Bertz CT molecular complexity index is 1120. The fraction of sp³-hybridized carbons (Fsp3) is 0.150. The fourth-order valence-electron chi connectivity index (χ4n) is 2.89. The van der Waals surface area contributed by atoms with E-state index in [0.717, 1.165) is 16.9 Å². The highest BCUT2D eigenvalue weighted by Crippen LogP contribution is 2.31. The summed E-state index contributed by atoms with van der Waals surface area (Å²) in [7, 11) is 1.83. The molecule has 5 nitrogen and oxygen atoms in total. The molecule has 0 saturated heterocycles. The number of nitrogens with zero attached hydrogens (tertiary/aromatic N) is 5. The molecule has 2 aromatic carbocycles. The number of para-hydroxylation sites is 1. The van der Waals surface area contributed by atoms with Gasteiger partial charge in [-0.25, -0.2) is 9.07 Å². The Labute approximate surface area is 171 Å². The van der Waals surface area contributed by atoms with Gasteiger partial charge in [0.2, 0.25) is 0 Å². The number of halogens is 2. The van der Waals surface area contributed by atoms with E-state index in [1.807, 2.05) is 44.3 Å². The SMILES string of the molecule is Cc1nn(-c2ccccc2)c(Cl)c1CSc1nnc(-c2ccccc2F)n1C. The molecular formula is C20H17ClFN5S. The molecule has 0 radical (unpaired) electrons. The molecule has 0 atom stereocenters. The molecule has 2 aromatic heterocycles. The van der Waals surface area contributed by atoms with E-state index >= 15 is 0 Å². The van der Waals surface area contributed by atoms with Crippen LogP contribution in [0.1, 0.15) is 11.3 Å². The molecule has 142 valence electrons.